The summed E-state index contributed by atoms with van der Waals surface area (Å²) in [5, 5.41) is 17.6. The molecule has 2 aliphatic heterocycles. The van der Waals surface area contributed by atoms with Crippen molar-refractivity contribution in [2.24, 2.45) is 0 Å². The zero-order chi connectivity index (χ0) is 30.0. The van der Waals surface area contributed by atoms with Crippen molar-refractivity contribution < 1.29 is 46.1 Å². The first-order valence-corrected chi connectivity index (χ1v) is 13.0. The fraction of sp³-hybridized carbons (Fsp3) is 0.310. The number of aliphatic hydroxyl groups excluding tert-OH is 1. The Labute approximate surface area is 236 Å². The van der Waals surface area contributed by atoms with E-state index < -0.39 is 53.6 Å². The average Bonchev–Trinajstić information content (AvgIpc) is 3.30. The molecule has 4 N–H and O–H groups in total. The van der Waals surface area contributed by atoms with Crippen molar-refractivity contribution in [2.45, 2.75) is 49.8 Å². The van der Waals surface area contributed by atoms with Gasteiger partial charge in [0.1, 0.15) is 29.6 Å². The van der Waals surface area contributed by atoms with Crippen LogP contribution in [0.1, 0.15) is 35.4 Å². The van der Waals surface area contributed by atoms with Gasteiger partial charge in [0.25, 0.3) is 0 Å². The van der Waals surface area contributed by atoms with Crippen molar-refractivity contribution in [3.63, 3.8) is 0 Å². The summed E-state index contributed by atoms with van der Waals surface area (Å²) in [5.41, 5.74) is 0.445. The van der Waals surface area contributed by atoms with Crippen molar-refractivity contribution in [1.82, 2.24) is 5.32 Å². The van der Waals surface area contributed by atoms with Crippen molar-refractivity contribution in [3.8, 4) is 5.75 Å². The van der Waals surface area contributed by atoms with Gasteiger partial charge in [0.2, 0.25) is 5.91 Å². The van der Waals surface area contributed by atoms with Crippen LogP contribution in [0.2, 0.25) is 0 Å². The number of alkyl halides is 3. The molecule has 5 rings (SSSR count). The van der Waals surface area contributed by atoms with E-state index in [1.807, 2.05) is 0 Å². The van der Waals surface area contributed by atoms with Crippen molar-refractivity contribution in [3.05, 3.63) is 89.0 Å². The first kappa shape index (κ1) is 29.3. The summed E-state index contributed by atoms with van der Waals surface area (Å²) in [5.74, 6) is -1.49. The highest BCUT2D eigenvalue weighted by Crippen LogP contribution is 2.47. The molecule has 8 nitrogen and oxygen atoms in total. The Kier molecular flexibility index (Phi) is 8.32. The first-order valence-electron chi connectivity index (χ1n) is 13.0. The summed E-state index contributed by atoms with van der Waals surface area (Å²) >= 11 is 0. The van der Waals surface area contributed by atoms with Gasteiger partial charge in [-0.15, -0.1) is 0 Å². The molecule has 4 atom stereocenters. The lowest BCUT2D eigenvalue weighted by Gasteiger charge is -2.37. The third-order valence-corrected chi connectivity index (χ3v) is 7.12. The van der Waals surface area contributed by atoms with Gasteiger partial charge in [-0.2, -0.15) is 13.2 Å². The molecule has 0 radical (unpaired) electrons. The third-order valence-electron chi connectivity index (χ3n) is 7.12. The molecular formula is C29H26F5N3O5. The normalized spacial score (nSPS) is 21.1. The molecule has 0 aromatic heterocycles. The lowest BCUT2D eigenvalue weighted by Crippen LogP contribution is -2.47. The van der Waals surface area contributed by atoms with E-state index >= 15 is 0 Å². The largest absolute Gasteiger partial charge is 0.487 e. The van der Waals surface area contributed by atoms with Gasteiger partial charge in [0.05, 0.1) is 24.7 Å². The molecule has 1 saturated heterocycles. The fourth-order valence-corrected chi connectivity index (χ4v) is 5.15. The fourth-order valence-electron chi connectivity index (χ4n) is 5.15. The van der Waals surface area contributed by atoms with Crippen LogP contribution in [0.4, 0.5) is 38.1 Å². The van der Waals surface area contributed by atoms with E-state index in [0.29, 0.717) is 17.9 Å². The minimum Gasteiger partial charge on any atom is -0.487 e. The second-order valence-electron chi connectivity index (χ2n) is 10.0. The smallest absolute Gasteiger partial charge is 0.416 e. The molecule has 0 aliphatic carbocycles. The summed E-state index contributed by atoms with van der Waals surface area (Å²) in [6.45, 7) is -0.581. The second kappa shape index (κ2) is 11.9. The number of carbonyl (C=O) groups is 2. The van der Waals surface area contributed by atoms with Gasteiger partial charge in [-0.05, 0) is 67.1 Å². The van der Waals surface area contributed by atoms with Gasteiger partial charge < -0.3 is 30.5 Å². The van der Waals surface area contributed by atoms with Gasteiger partial charge in [-0.3, -0.25) is 4.79 Å². The summed E-state index contributed by atoms with van der Waals surface area (Å²) in [6, 6.07) is 11.2. The molecule has 0 saturated carbocycles. The number of halogens is 5. The second-order valence-corrected chi connectivity index (χ2v) is 10.0. The molecule has 0 unspecified atom stereocenters. The number of anilines is 2. The van der Waals surface area contributed by atoms with Crippen molar-refractivity contribution in [2.75, 3.05) is 17.2 Å². The minimum atomic E-state index is -4.49. The summed E-state index contributed by atoms with van der Waals surface area (Å²) in [4.78, 5) is 25.1. The molecule has 13 heteroatoms. The molecule has 3 amide bonds. The minimum absolute atomic E-state index is 0.00159. The van der Waals surface area contributed by atoms with Crippen LogP contribution < -0.4 is 20.7 Å². The Morgan fingerprint density at radius 1 is 0.952 bits per heavy atom. The number of hydrogen-bond acceptors (Lipinski definition) is 5. The van der Waals surface area contributed by atoms with E-state index in [2.05, 4.69) is 16.0 Å². The molecule has 3 aromatic carbocycles. The number of carbonyl (C=O) groups excluding carboxylic acids is 2. The molecule has 2 aliphatic rings. The first-order chi connectivity index (χ1) is 20.0. The number of amides is 3. The van der Waals surface area contributed by atoms with E-state index in [4.69, 9.17) is 9.47 Å². The Morgan fingerprint density at radius 2 is 1.67 bits per heavy atom. The molecule has 42 heavy (non-hydrogen) atoms. The van der Waals surface area contributed by atoms with E-state index in [9.17, 15) is 36.6 Å². The zero-order valence-electron chi connectivity index (χ0n) is 21.9. The maximum atomic E-state index is 13.9. The van der Waals surface area contributed by atoms with Crippen molar-refractivity contribution in [1.29, 1.82) is 0 Å². The van der Waals surface area contributed by atoms with E-state index in [1.165, 1.54) is 0 Å². The molecule has 3 aromatic rings. The quantitative estimate of drug-likeness (QED) is 0.278. The predicted octanol–water partition coefficient (Wildman–Crippen LogP) is 5.33. The van der Waals surface area contributed by atoms with Crippen LogP contribution in [0, 0.1) is 11.6 Å². The Hall–Kier alpha value is -4.23. The van der Waals surface area contributed by atoms with Gasteiger partial charge >= 0.3 is 12.2 Å². The van der Waals surface area contributed by atoms with E-state index in [1.54, 1.807) is 18.2 Å². The van der Waals surface area contributed by atoms with Crippen LogP contribution in [-0.4, -0.2) is 42.0 Å². The highest BCUT2D eigenvalue weighted by Gasteiger charge is 2.46. The molecule has 2 heterocycles. The number of benzene rings is 3. The standard InChI is InChI=1S/C29H26F5N3O5/c30-17-3-7-23(31)15(9-17)13-35-26(39)12-20-11-22-21-10-19(6-8-24(21)42-27(22)25(14-38)41-20)37-28(40)36-18-4-1-16(2-5-18)29(32,33)34/h1-10,20,22,25,27,38H,11-14H2,(H,35,39)(H2,36,37,40)/t20-,22+,25-,27-/m1/s1. The number of ether oxygens (including phenoxy) is 2. The van der Waals surface area contributed by atoms with Gasteiger partial charge in [0, 0.05) is 35.0 Å². The lowest BCUT2D eigenvalue weighted by molar-refractivity contribution is -0.142. The number of rotatable bonds is 7. The maximum absolute atomic E-state index is 13.9. The van der Waals surface area contributed by atoms with Gasteiger partial charge in [0.15, 0.2) is 0 Å². The zero-order valence-corrected chi connectivity index (χ0v) is 21.9. The van der Waals surface area contributed by atoms with Crippen LogP contribution in [0.25, 0.3) is 0 Å². The maximum Gasteiger partial charge on any atom is 0.416 e. The molecule has 0 bridgehead atoms. The molecule has 1 fully saturated rings. The van der Waals surface area contributed by atoms with Gasteiger partial charge in [-0.1, -0.05) is 0 Å². The highest BCUT2D eigenvalue weighted by atomic mass is 19.4. The Morgan fingerprint density at radius 3 is 2.38 bits per heavy atom. The number of fused-ring (bicyclic) bond motifs is 3. The van der Waals surface area contributed by atoms with E-state index in [-0.39, 0.29) is 36.7 Å². The summed E-state index contributed by atoms with van der Waals surface area (Å²) in [7, 11) is 0. The molecule has 0 spiro atoms. The highest BCUT2D eigenvalue weighted by molar-refractivity contribution is 5.99. The Balaban J connectivity index is 1.22. The predicted molar refractivity (Wildman–Crippen MR) is 141 cm³/mol. The number of aliphatic hydroxyl groups is 1. The van der Waals surface area contributed by atoms with Crippen LogP contribution in [-0.2, 0) is 22.3 Å². The third kappa shape index (κ3) is 6.63. The summed E-state index contributed by atoms with van der Waals surface area (Å²) < 4.78 is 77.6. The van der Waals surface area contributed by atoms with Crippen LogP contribution >= 0.6 is 0 Å². The average molecular weight is 592 g/mol. The SMILES string of the molecule is O=C(C[C@H]1C[C@H]2c3cc(NC(=O)Nc4ccc(C(F)(F)F)cc4)ccc3O[C@H]2[C@@H](CO)O1)NCc1cc(F)ccc1F. The van der Waals surface area contributed by atoms with E-state index in [0.717, 1.165) is 48.0 Å². The monoisotopic (exact) mass is 591 g/mol. The lowest BCUT2D eigenvalue weighted by atomic mass is 9.84. The number of nitrogens with one attached hydrogen (secondary N) is 3. The molecular weight excluding hydrogens is 565 g/mol. The summed E-state index contributed by atoms with van der Waals surface area (Å²) in [6.07, 6.45) is -6.14. The van der Waals surface area contributed by atoms with Gasteiger partial charge in [-0.25, -0.2) is 13.6 Å². The topological polar surface area (TPSA) is 109 Å². The number of hydrogen-bond donors (Lipinski definition) is 4. The number of urea groups is 1. The van der Waals surface area contributed by atoms with Crippen LogP contribution in [0.15, 0.2) is 60.7 Å². The molecule has 222 valence electrons. The Bertz CT molecular complexity index is 1470. The van der Waals surface area contributed by atoms with Crippen molar-refractivity contribution >= 4 is 23.3 Å². The van der Waals surface area contributed by atoms with Crippen LogP contribution in [0.5, 0.6) is 5.75 Å². The van der Waals surface area contributed by atoms with Crippen LogP contribution in [0.3, 0.4) is 0 Å².